The van der Waals surface area contributed by atoms with Crippen molar-refractivity contribution in [1.82, 2.24) is 5.32 Å². The van der Waals surface area contributed by atoms with E-state index in [4.69, 9.17) is 10.5 Å². The summed E-state index contributed by atoms with van der Waals surface area (Å²) in [5.41, 5.74) is 6.91. The number of methoxy groups -OCH3 is 1. The van der Waals surface area contributed by atoms with Gasteiger partial charge in [-0.15, -0.1) is 0 Å². The van der Waals surface area contributed by atoms with Crippen molar-refractivity contribution in [2.45, 2.75) is 13.0 Å². The predicted molar refractivity (Wildman–Crippen MR) is 83.8 cm³/mol. The summed E-state index contributed by atoms with van der Waals surface area (Å²) in [5, 5.41) is 2.90. The Labute approximate surface area is 129 Å². The Morgan fingerprint density at radius 1 is 1.05 bits per heavy atom. The number of benzene rings is 2. The van der Waals surface area contributed by atoms with Crippen molar-refractivity contribution in [2.75, 3.05) is 7.11 Å². The molecule has 1 unspecified atom stereocenters. The highest BCUT2D eigenvalue weighted by Gasteiger charge is 2.15. The molecule has 0 aliphatic carbocycles. The molecule has 0 spiro atoms. The summed E-state index contributed by atoms with van der Waals surface area (Å²) in [5.74, 6) is -0.0249. The van der Waals surface area contributed by atoms with Crippen LogP contribution in [-0.4, -0.2) is 18.9 Å². The summed E-state index contributed by atoms with van der Waals surface area (Å²) < 4.78 is 5.29. The second-order valence-corrected chi connectivity index (χ2v) is 4.88. The quantitative estimate of drug-likeness (QED) is 0.888. The van der Waals surface area contributed by atoms with Gasteiger partial charge < -0.3 is 15.8 Å². The lowest BCUT2D eigenvalue weighted by Gasteiger charge is -2.17. The van der Waals surface area contributed by atoms with E-state index in [1.807, 2.05) is 31.2 Å². The lowest BCUT2D eigenvalue weighted by molar-refractivity contribution is 0.0937. The number of hydrogen-bond donors (Lipinski definition) is 2. The third-order valence-corrected chi connectivity index (χ3v) is 3.38. The zero-order chi connectivity index (χ0) is 16.1. The number of ether oxygens (including phenoxy) is 1. The molecule has 1 atom stereocenters. The molecule has 0 bridgehead atoms. The zero-order valence-corrected chi connectivity index (χ0v) is 12.5. The van der Waals surface area contributed by atoms with Gasteiger partial charge in [0, 0.05) is 16.7 Å². The normalized spacial score (nSPS) is 11.5. The summed E-state index contributed by atoms with van der Waals surface area (Å²) in [6.45, 7) is 1.88. The van der Waals surface area contributed by atoms with Gasteiger partial charge in [0.15, 0.2) is 0 Å². The molecule has 22 heavy (non-hydrogen) atoms. The minimum absolute atomic E-state index is 0.209. The average Bonchev–Trinajstić information content (AvgIpc) is 2.54. The van der Waals surface area contributed by atoms with Gasteiger partial charge in [-0.1, -0.05) is 18.2 Å². The number of carbonyl (C=O) groups excluding carboxylic acids is 2. The topological polar surface area (TPSA) is 81.4 Å². The van der Waals surface area contributed by atoms with Crippen LogP contribution in [0.1, 0.15) is 39.2 Å². The Bertz CT molecular complexity index is 681. The number of nitrogens with two attached hydrogens (primary N) is 1. The average molecular weight is 298 g/mol. The Morgan fingerprint density at radius 2 is 1.64 bits per heavy atom. The van der Waals surface area contributed by atoms with E-state index in [1.54, 1.807) is 19.2 Å². The van der Waals surface area contributed by atoms with Gasteiger partial charge in [-0.05, 0) is 37.3 Å². The standard InChI is InChI=1S/C17H18N2O3/c1-11(14-5-3-4-6-15(14)22-2)19-17(21)13-9-7-12(8-10-13)16(18)20/h3-11H,1-2H3,(H2,18,20)(H,19,21). The van der Waals surface area contributed by atoms with Crippen molar-refractivity contribution < 1.29 is 14.3 Å². The van der Waals surface area contributed by atoms with Gasteiger partial charge in [-0.25, -0.2) is 0 Å². The number of carbonyl (C=O) groups is 2. The van der Waals surface area contributed by atoms with Crippen LogP contribution in [0.4, 0.5) is 0 Å². The molecule has 3 N–H and O–H groups in total. The Hall–Kier alpha value is -2.82. The van der Waals surface area contributed by atoms with Crippen LogP contribution in [0.3, 0.4) is 0 Å². The highest BCUT2D eigenvalue weighted by atomic mass is 16.5. The zero-order valence-electron chi connectivity index (χ0n) is 12.5. The van der Waals surface area contributed by atoms with E-state index < -0.39 is 5.91 Å². The molecule has 0 fully saturated rings. The summed E-state index contributed by atoms with van der Waals surface area (Å²) in [4.78, 5) is 23.3. The second kappa shape index (κ2) is 6.76. The molecule has 0 aliphatic rings. The summed E-state index contributed by atoms with van der Waals surface area (Å²) >= 11 is 0. The molecule has 0 aliphatic heterocycles. The summed E-state index contributed by atoms with van der Waals surface area (Å²) in [6.07, 6.45) is 0. The van der Waals surface area contributed by atoms with E-state index in [2.05, 4.69) is 5.32 Å². The van der Waals surface area contributed by atoms with E-state index in [0.717, 1.165) is 11.3 Å². The molecule has 5 heteroatoms. The fourth-order valence-corrected chi connectivity index (χ4v) is 2.17. The largest absolute Gasteiger partial charge is 0.496 e. The lowest BCUT2D eigenvalue weighted by Crippen LogP contribution is -2.27. The summed E-state index contributed by atoms with van der Waals surface area (Å²) in [7, 11) is 1.59. The Balaban J connectivity index is 2.12. The molecule has 2 aromatic rings. The molecule has 0 aromatic heterocycles. The Morgan fingerprint density at radius 3 is 2.23 bits per heavy atom. The van der Waals surface area contributed by atoms with E-state index in [9.17, 15) is 9.59 Å². The molecule has 0 saturated carbocycles. The number of amides is 2. The highest BCUT2D eigenvalue weighted by Crippen LogP contribution is 2.24. The van der Waals surface area contributed by atoms with Gasteiger partial charge in [0.2, 0.25) is 5.91 Å². The van der Waals surface area contributed by atoms with Crippen molar-refractivity contribution in [3.05, 3.63) is 65.2 Å². The first kappa shape index (κ1) is 15.6. The molecule has 2 aromatic carbocycles. The number of nitrogens with one attached hydrogen (secondary N) is 1. The molecule has 2 rings (SSSR count). The van der Waals surface area contributed by atoms with Gasteiger partial charge in [-0.3, -0.25) is 9.59 Å². The van der Waals surface area contributed by atoms with Crippen LogP contribution >= 0.6 is 0 Å². The SMILES string of the molecule is COc1ccccc1C(C)NC(=O)c1ccc(C(N)=O)cc1. The van der Waals surface area contributed by atoms with E-state index in [1.165, 1.54) is 12.1 Å². The van der Waals surface area contributed by atoms with E-state index in [0.29, 0.717) is 11.1 Å². The first-order chi connectivity index (χ1) is 10.5. The number of rotatable bonds is 5. The van der Waals surface area contributed by atoms with Crippen molar-refractivity contribution in [2.24, 2.45) is 5.73 Å². The van der Waals surface area contributed by atoms with Crippen molar-refractivity contribution in [3.63, 3.8) is 0 Å². The van der Waals surface area contributed by atoms with Crippen LogP contribution in [0.5, 0.6) is 5.75 Å². The third kappa shape index (κ3) is 3.44. The monoisotopic (exact) mass is 298 g/mol. The van der Waals surface area contributed by atoms with Crippen molar-refractivity contribution in [3.8, 4) is 5.75 Å². The van der Waals surface area contributed by atoms with E-state index in [-0.39, 0.29) is 11.9 Å². The molecule has 2 amide bonds. The van der Waals surface area contributed by atoms with Crippen molar-refractivity contribution >= 4 is 11.8 Å². The molecule has 0 radical (unpaired) electrons. The summed E-state index contributed by atoms with van der Waals surface area (Å²) in [6, 6.07) is 13.5. The van der Waals surface area contributed by atoms with Crippen LogP contribution in [0.2, 0.25) is 0 Å². The van der Waals surface area contributed by atoms with Gasteiger partial charge in [0.25, 0.3) is 5.91 Å². The molecule has 0 heterocycles. The first-order valence-electron chi connectivity index (χ1n) is 6.86. The lowest BCUT2D eigenvalue weighted by atomic mass is 10.1. The smallest absolute Gasteiger partial charge is 0.251 e. The fraction of sp³-hybridized carbons (Fsp3) is 0.176. The van der Waals surface area contributed by atoms with Gasteiger partial charge in [0.1, 0.15) is 5.75 Å². The number of hydrogen-bond acceptors (Lipinski definition) is 3. The minimum Gasteiger partial charge on any atom is -0.496 e. The molecule has 0 saturated heterocycles. The maximum absolute atomic E-state index is 12.2. The predicted octanol–water partition coefficient (Wildman–Crippen LogP) is 2.29. The third-order valence-electron chi connectivity index (χ3n) is 3.38. The maximum Gasteiger partial charge on any atom is 0.251 e. The Kier molecular flexibility index (Phi) is 4.78. The molecule has 5 nitrogen and oxygen atoms in total. The molecule has 114 valence electrons. The fourth-order valence-electron chi connectivity index (χ4n) is 2.17. The van der Waals surface area contributed by atoms with Gasteiger partial charge in [0.05, 0.1) is 13.2 Å². The van der Waals surface area contributed by atoms with Crippen LogP contribution in [-0.2, 0) is 0 Å². The van der Waals surface area contributed by atoms with Crippen LogP contribution in [0.15, 0.2) is 48.5 Å². The van der Waals surface area contributed by atoms with Gasteiger partial charge in [-0.2, -0.15) is 0 Å². The molecular weight excluding hydrogens is 280 g/mol. The number of para-hydroxylation sites is 1. The maximum atomic E-state index is 12.2. The van der Waals surface area contributed by atoms with Crippen LogP contribution in [0, 0.1) is 0 Å². The molecular formula is C17H18N2O3. The van der Waals surface area contributed by atoms with Crippen molar-refractivity contribution in [1.29, 1.82) is 0 Å². The number of primary amides is 1. The second-order valence-electron chi connectivity index (χ2n) is 4.88. The minimum atomic E-state index is -0.519. The highest BCUT2D eigenvalue weighted by molar-refractivity contribution is 5.97. The van der Waals surface area contributed by atoms with E-state index >= 15 is 0 Å². The van der Waals surface area contributed by atoms with Gasteiger partial charge >= 0.3 is 0 Å². The first-order valence-corrected chi connectivity index (χ1v) is 6.86. The van der Waals surface area contributed by atoms with Crippen LogP contribution < -0.4 is 15.8 Å². The van der Waals surface area contributed by atoms with Crippen LogP contribution in [0.25, 0.3) is 0 Å².